The van der Waals surface area contributed by atoms with Gasteiger partial charge in [-0.05, 0) is 44.9 Å². The second-order valence-electron chi connectivity index (χ2n) is 6.59. The lowest BCUT2D eigenvalue weighted by Gasteiger charge is -2.20. The minimum atomic E-state index is -0.886. The summed E-state index contributed by atoms with van der Waals surface area (Å²) in [6, 6.07) is 11.8. The number of para-hydroxylation sites is 1. The van der Waals surface area contributed by atoms with Crippen LogP contribution in [0, 0.1) is 12.8 Å². The summed E-state index contributed by atoms with van der Waals surface area (Å²) in [6.07, 6.45) is 0. The number of aromatic nitrogens is 1. The van der Waals surface area contributed by atoms with Gasteiger partial charge in [0.15, 0.2) is 0 Å². The van der Waals surface area contributed by atoms with Crippen molar-refractivity contribution < 1.29 is 9.84 Å². The van der Waals surface area contributed by atoms with Gasteiger partial charge in [-0.1, -0.05) is 32.0 Å². The van der Waals surface area contributed by atoms with Crippen LogP contribution in [0.5, 0.6) is 5.75 Å². The van der Waals surface area contributed by atoms with Gasteiger partial charge < -0.3 is 9.84 Å². The Labute approximate surface area is 133 Å². The first-order valence-electron chi connectivity index (χ1n) is 7.71. The second-order valence-corrected chi connectivity index (χ2v) is 6.59. The van der Waals surface area contributed by atoms with Gasteiger partial charge in [0, 0.05) is 16.8 Å². The van der Waals surface area contributed by atoms with E-state index in [2.05, 4.69) is 18.8 Å². The summed E-state index contributed by atoms with van der Waals surface area (Å²) in [5, 5.41) is 10.2. The Balaban J connectivity index is 2.38. The maximum atomic E-state index is 10.2. The first-order chi connectivity index (χ1) is 10.3. The molecule has 1 aromatic carbocycles. The summed E-state index contributed by atoms with van der Waals surface area (Å²) in [7, 11) is 0. The van der Waals surface area contributed by atoms with Crippen molar-refractivity contribution in [3.05, 3.63) is 47.7 Å². The van der Waals surface area contributed by atoms with Gasteiger partial charge in [-0.2, -0.15) is 0 Å². The SMILES string of the molecule is Cc1nc(-c2ccccc2OCC(C)C)ccc1C(C)(C)O. The highest BCUT2D eigenvalue weighted by atomic mass is 16.5. The van der Waals surface area contributed by atoms with Crippen LogP contribution in [0.1, 0.15) is 39.0 Å². The molecule has 0 aliphatic carbocycles. The lowest BCUT2D eigenvalue weighted by atomic mass is 9.96. The van der Waals surface area contributed by atoms with Crippen LogP contribution in [0.3, 0.4) is 0 Å². The van der Waals surface area contributed by atoms with E-state index in [9.17, 15) is 5.11 Å². The van der Waals surface area contributed by atoms with Crippen LogP contribution in [-0.4, -0.2) is 16.7 Å². The van der Waals surface area contributed by atoms with Crippen molar-refractivity contribution >= 4 is 0 Å². The molecule has 0 amide bonds. The van der Waals surface area contributed by atoms with E-state index in [4.69, 9.17) is 4.74 Å². The third kappa shape index (κ3) is 3.86. The van der Waals surface area contributed by atoms with Crippen LogP contribution in [0.15, 0.2) is 36.4 Å². The zero-order valence-electron chi connectivity index (χ0n) is 14.1. The van der Waals surface area contributed by atoms with Crippen molar-refractivity contribution in [2.75, 3.05) is 6.61 Å². The van der Waals surface area contributed by atoms with Gasteiger partial charge in [0.05, 0.1) is 17.9 Å². The number of hydrogen-bond acceptors (Lipinski definition) is 3. The topological polar surface area (TPSA) is 42.4 Å². The predicted molar refractivity (Wildman–Crippen MR) is 90.0 cm³/mol. The monoisotopic (exact) mass is 299 g/mol. The molecule has 1 N–H and O–H groups in total. The molecule has 1 aromatic heterocycles. The number of pyridine rings is 1. The fourth-order valence-electron chi connectivity index (χ4n) is 2.42. The molecule has 0 saturated carbocycles. The molecule has 0 spiro atoms. The van der Waals surface area contributed by atoms with Gasteiger partial charge in [0.25, 0.3) is 0 Å². The second kappa shape index (κ2) is 6.49. The predicted octanol–water partition coefficient (Wildman–Crippen LogP) is 4.32. The molecule has 0 bridgehead atoms. The van der Waals surface area contributed by atoms with E-state index in [-0.39, 0.29) is 0 Å². The van der Waals surface area contributed by atoms with Crippen LogP contribution in [0.4, 0.5) is 0 Å². The van der Waals surface area contributed by atoms with E-state index in [1.165, 1.54) is 0 Å². The van der Waals surface area contributed by atoms with E-state index in [1.54, 1.807) is 13.8 Å². The Morgan fingerprint density at radius 3 is 2.41 bits per heavy atom. The summed E-state index contributed by atoms with van der Waals surface area (Å²) in [4.78, 5) is 4.66. The highest BCUT2D eigenvalue weighted by Gasteiger charge is 2.20. The van der Waals surface area contributed by atoms with Gasteiger partial charge in [-0.3, -0.25) is 4.98 Å². The highest BCUT2D eigenvalue weighted by molar-refractivity contribution is 5.67. The molecule has 0 atom stereocenters. The third-order valence-electron chi connectivity index (χ3n) is 3.48. The minimum absolute atomic E-state index is 0.473. The molecular formula is C19H25NO2. The minimum Gasteiger partial charge on any atom is -0.493 e. The molecule has 2 rings (SSSR count). The largest absolute Gasteiger partial charge is 0.493 e. The Bertz CT molecular complexity index is 642. The quantitative estimate of drug-likeness (QED) is 0.894. The van der Waals surface area contributed by atoms with Crippen molar-refractivity contribution in [2.45, 2.75) is 40.2 Å². The molecule has 3 heteroatoms. The molecule has 0 radical (unpaired) electrons. The molecule has 0 aliphatic heterocycles. The Morgan fingerprint density at radius 2 is 1.82 bits per heavy atom. The standard InChI is InChI=1S/C19H25NO2/c1-13(2)12-22-18-9-7-6-8-15(18)17-11-10-16(14(3)20-17)19(4,5)21/h6-11,13,21H,12H2,1-5H3. The molecular weight excluding hydrogens is 274 g/mol. The Kier molecular flexibility index (Phi) is 4.87. The van der Waals surface area contributed by atoms with Crippen LogP contribution in [0.2, 0.25) is 0 Å². The van der Waals surface area contributed by atoms with E-state index in [0.29, 0.717) is 12.5 Å². The number of hydrogen-bond donors (Lipinski definition) is 1. The Morgan fingerprint density at radius 1 is 1.14 bits per heavy atom. The fourth-order valence-corrected chi connectivity index (χ4v) is 2.42. The summed E-state index contributed by atoms with van der Waals surface area (Å²) in [6.45, 7) is 10.4. The van der Waals surface area contributed by atoms with E-state index in [0.717, 1.165) is 28.3 Å². The van der Waals surface area contributed by atoms with Gasteiger partial charge in [0.1, 0.15) is 5.75 Å². The average molecular weight is 299 g/mol. The van der Waals surface area contributed by atoms with Crippen LogP contribution < -0.4 is 4.74 Å². The van der Waals surface area contributed by atoms with Gasteiger partial charge in [-0.15, -0.1) is 0 Å². The van der Waals surface area contributed by atoms with E-state index >= 15 is 0 Å². The van der Waals surface area contributed by atoms with Crippen LogP contribution >= 0.6 is 0 Å². The average Bonchev–Trinajstić information content (AvgIpc) is 2.44. The third-order valence-corrected chi connectivity index (χ3v) is 3.48. The molecule has 0 fully saturated rings. The van der Waals surface area contributed by atoms with Crippen molar-refractivity contribution in [1.29, 1.82) is 0 Å². The molecule has 0 unspecified atom stereocenters. The van der Waals surface area contributed by atoms with Crippen LogP contribution in [0.25, 0.3) is 11.3 Å². The number of benzene rings is 1. The number of aryl methyl sites for hydroxylation is 1. The highest BCUT2D eigenvalue weighted by Crippen LogP contribution is 2.31. The molecule has 0 aliphatic rings. The van der Waals surface area contributed by atoms with Gasteiger partial charge in [-0.25, -0.2) is 0 Å². The van der Waals surface area contributed by atoms with Crippen molar-refractivity contribution in [2.24, 2.45) is 5.92 Å². The number of rotatable bonds is 5. The van der Waals surface area contributed by atoms with Crippen molar-refractivity contribution in [3.8, 4) is 17.0 Å². The molecule has 1 heterocycles. The van der Waals surface area contributed by atoms with Crippen molar-refractivity contribution in [1.82, 2.24) is 4.98 Å². The van der Waals surface area contributed by atoms with Gasteiger partial charge in [0.2, 0.25) is 0 Å². The molecule has 3 nitrogen and oxygen atoms in total. The lowest BCUT2D eigenvalue weighted by molar-refractivity contribution is 0.0775. The molecule has 22 heavy (non-hydrogen) atoms. The summed E-state index contributed by atoms with van der Waals surface area (Å²) >= 11 is 0. The number of nitrogens with zero attached hydrogens (tertiary/aromatic N) is 1. The van der Waals surface area contributed by atoms with Crippen LogP contribution in [-0.2, 0) is 5.60 Å². The summed E-state index contributed by atoms with van der Waals surface area (Å²) in [5.41, 5.74) is 2.64. The number of ether oxygens (including phenoxy) is 1. The van der Waals surface area contributed by atoms with Gasteiger partial charge >= 0.3 is 0 Å². The lowest BCUT2D eigenvalue weighted by Crippen LogP contribution is -2.17. The van der Waals surface area contributed by atoms with E-state index < -0.39 is 5.60 Å². The first-order valence-corrected chi connectivity index (χ1v) is 7.71. The zero-order chi connectivity index (χ0) is 16.3. The van der Waals surface area contributed by atoms with E-state index in [1.807, 2.05) is 43.3 Å². The normalized spacial score (nSPS) is 11.8. The first kappa shape index (κ1) is 16.5. The summed E-state index contributed by atoms with van der Waals surface area (Å²) in [5.74, 6) is 1.32. The maximum absolute atomic E-state index is 10.2. The smallest absolute Gasteiger partial charge is 0.128 e. The van der Waals surface area contributed by atoms with Crippen molar-refractivity contribution in [3.63, 3.8) is 0 Å². The number of aliphatic hydroxyl groups is 1. The zero-order valence-corrected chi connectivity index (χ0v) is 14.1. The maximum Gasteiger partial charge on any atom is 0.128 e. The Hall–Kier alpha value is -1.87. The molecule has 118 valence electrons. The molecule has 0 saturated heterocycles. The molecule has 2 aromatic rings. The fraction of sp³-hybridized carbons (Fsp3) is 0.421. The summed E-state index contributed by atoms with van der Waals surface area (Å²) < 4.78 is 5.90.